The highest BCUT2D eigenvalue weighted by Gasteiger charge is 2.02. The fraction of sp³-hybridized carbons (Fsp3) is 0.417. The summed E-state index contributed by atoms with van der Waals surface area (Å²) in [6, 6.07) is 1.98. The molecular weight excluding hydrogens is 202 g/mol. The average Bonchev–Trinajstić information content (AvgIpc) is 2.86. The van der Waals surface area contributed by atoms with Crippen LogP contribution in [-0.2, 0) is 13.1 Å². The molecule has 4 heteroatoms. The standard InChI is InChI=1S/C12H17N3O/c1-3-5-15-9-12(8-14-15)13-7-11-4-6-16-10(11)2/h4,6,8-9,13H,3,5,7H2,1-2H3. The maximum atomic E-state index is 5.24. The lowest BCUT2D eigenvalue weighted by Gasteiger charge is -2.01. The van der Waals surface area contributed by atoms with E-state index in [-0.39, 0.29) is 0 Å². The Labute approximate surface area is 95.3 Å². The quantitative estimate of drug-likeness (QED) is 0.840. The Hall–Kier alpha value is -1.71. The second kappa shape index (κ2) is 4.88. The lowest BCUT2D eigenvalue weighted by molar-refractivity contribution is 0.530. The molecule has 0 saturated heterocycles. The van der Waals surface area contributed by atoms with Crippen molar-refractivity contribution in [2.75, 3.05) is 5.32 Å². The zero-order valence-electron chi connectivity index (χ0n) is 9.73. The van der Waals surface area contributed by atoms with Gasteiger partial charge in [0.1, 0.15) is 5.76 Å². The van der Waals surface area contributed by atoms with Crippen LogP contribution in [0.4, 0.5) is 5.69 Å². The molecule has 16 heavy (non-hydrogen) atoms. The maximum Gasteiger partial charge on any atom is 0.105 e. The molecule has 0 fully saturated rings. The number of anilines is 1. The zero-order chi connectivity index (χ0) is 11.4. The molecule has 0 unspecified atom stereocenters. The van der Waals surface area contributed by atoms with Gasteiger partial charge in [0.15, 0.2) is 0 Å². The summed E-state index contributed by atoms with van der Waals surface area (Å²) >= 11 is 0. The van der Waals surface area contributed by atoms with Crippen molar-refractivity contribution >= 4 is 5.69 Å². The molecule has 0 aliphatic heterocycles. The molecule has 1 N–H and O–H groups in total. The summed E-state index contributed by atoms with van der Waals surface area (Å²) in [6.07, 6.45) is 6.69. The average molecular weight is 219 g/mol. The van der Waals surface area contributed by atoms with Crippen LogP contribution in [0.1, 0.15) is 24.7 Å². The molecule has 0 amide bonds. The van der Waals surface area contributed by atoms with E-state index in [1.807, 2.05) is 30.1 Å². The largest absolute Gasteiger partial charge is 0.469 e. The van der Waals surface area contributed by atoms with Gasteiger partial charge in [0.25, 0.3) is 0 Å². The van der Waals surface area contributed by atoms with E-state index < -0.39 is 0 Å². The van der Waals surface area contributed by atoms with Gasteiger partial charge in [-0.1, -0.05) is 6.92 Å². The van der Waals surface area contributed by atoms with Gasteiger partial charge in [-0.3, -0.25) is 4.68 Å². The summed E-state index contributed by atoms with van der Waals surface area (Å²) in [5.41, 5.74) is 2.23. The predicted octanol–water partition coefficient (Wildman–Crippen LogP) is 2.81. The number of hydrogen-bond acceptors (Lipinski definition) is 3. The van der Waals surface area contributed by atoms with Crippen molar-refractivity contribution in [1.29, 1.82) is 0 Å². The van der Waals surface area contributed by atoms with Gasteiger partial charge >= 0.3 is 0 Å². The zero-order valence-corrected chi connectivity index (χ0v) is 9.73. The molecule has 2 heterocycles. The van der Waals surface area contributed by atoms with Gasteiger partial charge < -0.3 is 9.73 Å². The third kappa shape index (κ3) is 2.45. The molecule has 0 radical (unpaired) electrons. The number of hydrogen-bond donors (Lipinski definition) is 1. The van der Waals surface area contributed by atoms with Crippen molar-refractivity contribution in [2.24, 2.45) is 0 Å². The Morgan fingerprint density at radius 2 is 2.38 bits per heavy atom. The minimum Gasteiger partial charge on any atom is -0.469 e. The molecule has 0 saturated carbocycles. The first-order valence-corrected chi connectivity index (χ1v) is 5.59. The molecule has 0 bridgehead atoms. The lowest BCUT2D eigenvalue weighted by Crippen LogP contribution is -1.99. The van der Waals surface area contributed by atoms with Gasteiger partial charge in [-0.25, -0.2) is 0 Å². The molecule has 2 aromatic rings. The van der Waals surface area contributed by atoms with Gasteiger partial charge in [-0.2, -0.15) is 5.10 Å². The Bertz CT molecular complexity index is 445. The third-order valence-corrected chi connectivity index (χ3v) is 2.54. The van der Waals surface area contributed by atoms with E-state index in [9.17, 15) is 0 Å². The van der Waals surface area contributed by atoms with Crippen LogP contribution in [0.5, 0.6) is 0 Å². The first kappa shape index (κ1) is 10.8. The molecule has 0 spiro atoms. The van der Waals surface area contributed by atoms with Gasteiger partial charge in [0, 0.05) is 24.8 Å². The molecule has 0 aromatic carbocycles. The fourth-order valence-electron chi connectivity index (χ4n) is 1.60. The monoisotopic (exact) mass is 219 g/mol. The number of furan rings is 1. The Morgan fingerprint density at radius 3 is 3.06 bits per heavy atom. The number of rotatable bonds is 5. The van der Waals surface area contributed by atoms with E-state index in [4.69, 9.17) is 4.42 Å². The number of nitrogens with zero attached hydrogens (tertiary/aromatic N) is 2. The van der Waals surface area contributed by atoms with Gasteiger partial charge in [0.2, 0.25) is 0 Å². The van der Waals surface area contributed by atoms with Gasteiger partial charge in [-0.05, 0) is 19.4 Å². The summed E-state index contributed by atoms with van der Waals surface area (Å²) in [6.45, 7) is 5.85. The number of aromatic nitrogens is 2. The van der Waals surface area contributed by atoms with Crippen molar-refractivity contribution in [2.45, 2.75) is 33.4 Å². The smallest absolute Gasteiger partial charge is 0.105 e. The van der Waals surface area contributed by atoms with Crippen LogP contribution in [0.2, 0.25) is 0 Å². The highest BCUT2D eigenvalue weighted by Crippen LogP contribution is 2.12. The van der Waals surface area contributed by atoms with E-state index in [1.54, 1.807) is 6.26 Å². The highest BCUT2D eigenvalue weighted by molar-refractivity contribution is 5.39. The fourth-order valence-corrected chi connectivity index (χ4v) is 1.60. The van der Waals surface area contributed by atoms with Crippen molar-refractivity contribution in [1.82, 2.24) is 9.78 Å². The van der Waals surface area contributed by atoms with Gasteiger partial charge in [0.05, 0.1) is 18.1 Å². The summed E-state index contributed by atoms with van der Waals surface area (Å²) < 4.78 is 7.18. The van der Waals surface area contributed by atoms with Crippen LogP contribution in [-0.4, -0.2) is 9.78 Å². The van der Waals surface area contributed by atoms with Crippen LogP contribution < -0.4 is 5.32 Å². The van der Waals surface area contributed by atoms with Crippen molar-refractivity contribution < 1.29 is 4.42 Å². The molecule has 86 valence electrons. The van der Waals surface area contributed by atoms with Crippen LogP contribution in [0.3, 0.4) is 0 Å². The SMILES string of the molecule is CCCn1cc(NCc2ccoc2C)cn1. The van der Waals surface area contributed by atoms with E-state index >= 15 is 0 Å². The molecule has 2 aromatic heterocycles. The Balaban J connectivity index is 1.92. The third-order valence-electron chi connectivity index (χ3n) is 2.54. The summed E-state index contributed by atoms with van der Waals surface area (Å²) in [4.78, 5) is 0. The second-order valence-electron chi connectivity index (χ2n) is 3.85. The number of nitrogens with one attached hydrogen (secondary N) is 1. The molecular formula is C12H17N3O. The van der Waals surface area contributed by atoms with Crippen molar-refractivity contribution in [3.63, 3.8) is 0 Å². The van der Waals surface area contributed by atoms with E-state index in [1.165, 1.54) is 5.56 Å². The normalized spacial score (nSPS) is 10.6. The molecule has 0 aliphatic rings. The summed E-state index contributed by atoms with van der Waals surface area (Å²) in [7, 11) is 0. The molecule has 4 nitrogen and oxygen atoms in total. The Morgan fingerprint density at radius 1 is 1.50 bits per heavy atom. The van der Waals surface area contributed by atoms with E-state index in [2.05, 4.69) is 17.3 Å². The minimum absolute atomic E-state index is 0.778. The van der Waals surface area contributed by atoms with Crippen LogP contribution >= 0.6 is 0 Å². The summed E-state index contributed by atoms with van der Waals surface area (Å²) in [5, 5.41) is 7.58. The minimum atomic E-state index is 0.778. The lowest BCUT2D eigenvalue weighted by atomic mass is 10.2. The van der Waals surface area contributed by atoms with E-state index in [0.717, 1.165) is 31.0 Å². The first-order valence-electron chi connectivity index (χ1n) is 5.59. The number of aryl methyl sites for hydroxylation is 2. The maximum absolute atomic E-state index is 5.24. The summed E-state index contributed by atoms with van der Waals surface area (Å²) in [5.74, 6) is 0.966. The van der Waals surface area contributed by atoms with E-state index in [0.29, 0.717) is 0 Å². The van der Waals surface area contributed by atoms with Crippen molar-refractivity contribution in [3.05, 3.63) is 36.0 Å². The molecule has 0 aliphatic carbocycles. The van der Waals surface area contributed by atoms with Crippen LogP contribution in [0.15, 0.2) is 29.1 Å². The van der Waals surface area contributed by atoms with Crippen LogP contribution in [0.25, 0.3) is 0 Å². The second-order valence-corrected chi connectivity index (χ2v) is 3.85. The topological polar surface area (TPSA) is 43.0 Å². The predicted molar refractivity (Wildman–Crippen MR) is 63.3 cm³/mol. The van der Waals surface area contributed by atoms with Gasteiger partial charge in [-0.15, -0.1) is 0 Å². The van der Waals surface area contributed by atoms with Crippen LogP contribution in [0, 0.1) is 6.92 Å². The van der Waals surface area contributed by atoms with Crippen molar-refractivity contribution in [3.8, 4) is 0 Å². The Kier molecular flexibility index (Phi) is 3.29. The molecule has 2 rings (SSSR count). The highest BCUT2D eigenvalue weighted by atomic mass is 16.3. The first-order chi connectivity index (χ1) is 7.79. The molecule has 0 atom stereocenters.